The Hall–Kier alpha value is -1.89. The second-order valence-corrected chi connectivity index (χ2v) is 8.98. The lowest BCUT2D eigenvalue weighted by molar-refractivity contribution is -0.127. The highest BCUT2D eigenvalue weighted by Crippen LogP contribution is 2.44. The molecule has 0 aliphatic heterocycles. The third-order valence-corrected chi connectivity index (χ3v) is 5.27. The summed E-state index contributed by atoms with van der Waals surface area (Å²) in [7, 11) is -3.10. The number of rotatable bonds is 9. The van der Waals surface area contributed by atoms with E-state index in [1.165, 1.54) is 7.11 Å². The first-order chi connectivity index (χ1) is 12.5. The van der Waals surface area contributed by atoms with Gasteiger partial charge in [0.15, 0.2) is 0 Å². The van der Waals surface area contributed by atoms with Gasteiger partial charge in [-0.2, -0.15) is 0 Å². The van der Waals surface area contributed by atoms with Crippen LogP contribution in [0.15, 0.2) is 24.3 Å². The number of ether oxygens (including phenoxy) is 1. The van der Waals surface area contributed by atoms with Gasteiger partial charge in [-0.1, -0.05) is 27.7 Å². The van der Waals surface area contributed by atoms with E-state index >= 15 is 0 Å². The topological polar surface area (TPSA) is 125 Å². The van der Waals surface area contributed by atoms with Gasteiger partial charge in [-0.15, -0.1) is 0 Å². The van der Waals surface area contributed by atoms with Crippen LogP contribution in [0.4, 0.5) is 5.69 Å². The lowest BCUT2D eigenvalue weighted by Crippen LogP contribution is -2.50. The maximum atomic E-state index is 12.6. The lowest BCUT2D eigenvalue weighted by Gasteiger charge is -2.26. The zero-order valence-electron chi connectivity index (χ0n) is 16.3. The smallest absolute Gasteiger partial charge is 0.337 e. The molecule has 1 aromatic carbocycles. The fourth-order valence-corrected chi connectivity index (χ4v) is 3.60. The first-order valence-electron chi connectivity index (χ1n) is 8.76. The molecular formula is C18H29N2O6P. The number of carbonyl (C=O) groups excluding carboxylic acids is 2. The predicted octanol–water partition coefficient (Wildman–Crippen LogP) is 2.37. The molecule has 0 aliphatic carbocycles. The number of carbonyl (C=O) groups is 2. The third kappa shape index (κ3) is 7.33. The molecule has 0 spiro atoms. The Morgan fingerprint density at radius 1 is 1.07 bits per heavy atom. The van der Waals surface area contributed by atoms with Crippen molar-refractivity contribution in [2.75, 3.05) is 12.4 Å². The normalized spacial score (nSPS) is 14.0. The minimum atomic E-state index is -4.64. The van der Waals surface area contributed by atoms with Crippen LogP contribution in [-0.4, -0.2) is 40.4 Å². The summed E-state index contributed by atoms with van der Waals surface area (Å²) in [5.41, 5.74) is -0.957. The van der Waals surface area contributed by atoms with Gasteiger partial charge in [0.2, 0.25) is 11.8 Å². The molecule has 27 heavy (non-hydrogen) atoms. The molecule has 0 fully saturated rings. The molecular weight excluding hydrogens is 371 g/mol. The van der Waals surface area contributed by atoms with Crippen LogP contribution in [0.5, 0.6) is 5.75 Å². The van der Waals surface area contributed by atoms with Crippen molar-refractivity contribution in [2.24, 2.45) is 11.8 Å². The highest BCUT2D eigenvalue weighted by molar-refractivity contribution is 7.53. The van der Waals surface area contributed by atoms with Crippen molar-refractivity contribution < 1.29 is 28.7 Å². The highest BCUT2D eigenvalue weighted by Gasteiger charge is 2.38. The van der Waals surface area contributed by atoms with Gasteiger partial charge < -0.3 is 25.2 Å². The number of hydrogen-bond donors (Lipinski definition) is 4. The number of anilines is 1. The summed E-state index contributed by atoms with van der Waals surface area (Å²) in [6.45, 7) is 7.03. The summed E-state index contributed by atoms with van der Waals surface area (Å²) in [6, 6.07) is 5.76. The lowest BCUT2D eigenvalue weighted by atomic mass is 10.0. The van der Waals surface area contributed by atoms with E-state index in [1.807, 2.05) is 0 Å². The van der Waals surface area contributed by atoms with E-state index in [-0.39, 0.29) is 18.3 Å². The average Bonchev–Trinajstić information content (AvgIpc) is 2.56. The van der Waals surface area contributed by atoms with Crippen molar-refractivity contribution in [1.29, 1.82) is 0 Å². The zero-order valence-corrected chi connectivity index (χ0v) is 17.2. The molecule has 2 amide bonds. The molecule has 9 heteroatoms. The summed E-state index contributed by atoms with van der Waals surface area (Å²) in [6.07, 6.45) is 0.0288. The molecule has 0 bridgehead atoms. The van der Waals surface area contributed by atoms with E-state index in [1.54, 1.807) is 52.0 Å². The van der Waals surface area contributed by atoms with Crippen molar-refractivity contribution in [3.05, 3.63) is 24.3 Å². The van der Waals surface area contributed by atoms with Gasteiger partial charge in [-0.05, 0) is 42.5 Å². The third-order valence-electron chi connectivity index (χ3n) is 4.01. The molecule has 0 aliphatic rings. The van der Waals surface area contributed by atoms with Crippen LogP contribution >= 0.6 is 7.60 Å². The Morgan fingerprint density at radius 3 is 2.04 bits per heavy atom. The summed E-state index contributed by atoms with van der Waals surface area (Å²) in [5, 5.41) is 5.20. The molecule has 1 aromatic rings. The molecule has 0 aromatic heterocycles. The van der Waals surface area contributed by atoms with Gasteiger partial charge in [-0.3, -0.25) is 14.2 Å². The molecule has 0 radical (unpaired) electrons. The first-order valence-corrected chi connectivity index (χ1v) is 10.4. The Kier molecular flexibility index (Phi) is 8.47. The van der Waals surface area contributed by atoms with E-state index < -0.39 is 31.1 Å². The van der Waals surface area contributed by atoms with Crippen molar-refractivity contribution in [1.82, 2.24) is 5.32 Å². The van der Waals surface area contributed by atoms with Gasteiger partial charge in [0.25, 0.3) is 0 Å². The second-order valence-electron chi connectivity index (χ2n) is 7.18. The molecule has 2 atom stereocenters. The maximum Gasteiger partial charge on any atom is 0.337 e. The molecule has 8 nitrogen and oxygen atoms in total. The van der Waals surface area contributed by atoms with Crippen molar-refractivity contribution in [2.45, 2.75) is 45.8 Å². The van der Waals surface area contributed by atoms with E-state index in [4.69, 9.17) is 4.74 Å². The van der Waals surface area contributed by atoms with E-state index in [0.717, 1.165) is 0 Å². The van der Waals surface area contributed by atoms with Gasteiger partial charge in [0.1, 0.15) is 17.5 Å². The van der Waals surface area contributed by atoms with Crippen LogP contribution in [0.1, 0.15) is 34.1 Å². The fourth-order valence-electron chi connectivity index (χ4n) is 2.52. The predicted molar refractivity (Wildman–Crippen MR) is 104 cm³/mol. The Bertz CT molecular complexity index is 684. The Morgan fingerprint density at radius 2 is 1.63 bits per heavy atom. The number of methoxy groups -OCH3 is 1. The highest BCUT2D eigenvalue weighted by atomic mass is 31.2. The zero-order chi connectivity index (χ0) is 20.8. The molecule has 0 saturated heterocycles. The van der Waals surface area contributed by atoms with Crippen molar-refractivity contribution in [3.63, 3.8) is 0 Å². The van der Waals surface area contributed by atoms with Gasteiger partial charge in [0.05, 0.1) is 7.11 Å². The second kappa shape index (κ2) is 9.88. The van der Waals surface area contributed by atoms with Crippen LogP contribution in [0, 0.1) is 11.8 Å². The molecule has 152 valence electrons. The number of hydrogen-bond acceptors (Lipinski definition) is 4. The Balaban J connectivity index is 2.91. The Labute approximate surface area is 159 Å². The number of nitrogens with one attached hydrogen (secondary N) is 2. The van der Waals surface area contributed by atoms with Gasteiger partial charge in [0, 0.05) is 5.69 Å². The van der Waals surface area contributed by atoms with E-state index in [9.17, 15) is 23.9 Å². The minimum absolute atomic E-state index is 0.0288. The SMILES string of the molecule is COc1ccc(NC(=O)[C@@H](NC(=O)C(CC(C)C)P(=O)(O)O)C(C)C)cc1. The number of benzene rings is 1. The largest absolute Gasteiger partial charge is 0.497 e. The quantitative estimate of drug-likeness (QED) is 0.472. The van der Waals surface area contributed by atoms with Crippen molar-refractivity contribution in [3.8, 4) is 5.75 Å². The van der Waals surface area contributed by atoms with E-state index in [2.05, 4.69) is 10.6 Å². The summed E-state index contributed by atoms with van der Waals surface area (Å²) in [5.74, 6) is -0.999. The summed E-state index contributed by atoms with van der Waals surface area (Å²) >= 11 is 0. The maximum absolute atomic E-state index is 12.6. The molecule has 0 heterocycles. The number of amides is 2. The molecule has 1 unspecified atom stereocenters. The van der Waals surface area contributed by atoms with Crippen LogP contribution in [0.25, 0.3) is 0 Å². The van der Waals surface area contributed by atoms with Crippen LogP contribution in [0.3, 0.4) is 0 Å². The summed E-state index contributed by atoms with van der Waals surface area (Å²) < 4.78 is 16.8. The van der Waals surface area contributed by atoms with Crippen LogP contribution < -0.4 is 15.4 Å². The molecule has 4 N–H and O–H groups in total. The molecule has 0 saturated carbocycles. The molecule has 1 rings (SSSR count). The standard InChI is InChI=1S/C18H29N2O6P/c1-11(2)10-15(27(23,24)25)17(21)20-16(12(3)4)18(22)19-13-6-8-14(26-5)9-7-13/h6-9,11-12,15-16H,10H2,1-5H3,(H,19,22)(H,20,21)(H2,23,24,25)/t15?,16-/m0/s1. The average molecular weight is 400 g/mol. The van der Waals surface area contributed by atoms with E-state index in [0.29, 0.717) is 11.4 Å². The van der Waals surface area contributed by atoms with Crippen LogP contribution in [-0.2, 0) is 14.2 Å². The fraction of sp³-hybridized carbons (Fsp3) is 0.556. The summed E-state index contributed by atoms with van der Waals surface area (Å²) in [4.78, 5) is 44.1. The van der Waals surface area contributed by atoms with Gasteiger partial charge >= 0.3 is 7.60 Å². The van der Waals surface area contributed by atoms with Gasteiger partial charge in [-0.25, -0.2) is 0 Å². The van der Waals surface area contributed by atoms with Crippen molar-refractivity contribution >= 4 is 25.1 Å². The minimum Gasteiger partial charge on any atom is -0.497 e. The van der Waals surface area contributed by atoms with Crippen LogP contribution in [0.2, 0.25) is 0 Å². The monoisotopic (exact) mass is 400 g/mol. The first kappa shape index (κ1) is 23.1.